The average molecular weight is 213 g/mol. The molecule has 0 bridgehead atoms. The van der Waals surface area contributed by atoms with Crippen molar-refractivity contribution in [3.05, 3.63) is 0 Å². The maximum Gasteiger partial charge on any atom is 0.305 e. The lowest BCUT2D eigenvalue weighted by molar-refractivity contribution is -0.141. The molecule has 2 atom stereocenters. The van der Waals surface area contributed by atoms with E-state index in [2.05, 4.69) is 25.7 Å². The van der Waals surface area contributed by atoms with Crippen molar-refractivity contribution in [2.24, 2.45) is 5.92 Å². The Balaban J connectivity index is 2.89. The van der Waals surface area contributed by atoms with Crippen LogP contribution in [-0.2, 0) is 4.79 Å². The highest BCUT2D eigenvalue weighted by Crippen LogP contribution is 2.42. The second kappa shape index (κ2) is 4.97. The third-order valence-corrected chi connectivity index (χ3v) is 4.01. The summed E-state index contributed by atoms with van der Waals surface area (Å²) in [5.41, 5.74) is -0.0741. The number of carboxylic acid groups (broad SMARTS) is 1. The van der Waals surface area contributed by atoms with Gasteiger partial charge in [-0.15, -0.1) is 0 Å². The highest BCUT2D eigenvalue weighted by molar-refractivity contribution is 5.68. The molecular weight excluding hydrogens is 190 g/mol. The number of carbonyl (C=O) groups is 1. The van der Waals surface area contributed by atoms with Crippen molar-refractivity contribution in [2.75, 3.05) is 13.1 Å². The third-order valence-electron chi connectivity index (χ3n) is 4.01. The van der Waals surface area contributed by atoms with Gasteiger partial charge in [0.1, 0.15) is 0 Å². The maximum atomic E-state index is 11.0. The normalized spacial score (nSPS) is 31.1. The van der Waals surface area contributed by atoms with E-state index in [0.29, 0.717) is 12.3 Å². The Labute approximate surface area is 92.5 Å². The molecule has 0 radical (unpaired) electrons. The van der Waals surface area contributed by atoms with Crippen molar-refractivity contribution in [1.29, 1.82) is 0 Å². The van der Waals surface area contributed by atoms with Crippen LogP contribution in [0.1, 0.15) is 46.5 Å². The van der Waals surface area contributed by atoms with Gasteiger partial charge in [0.05, 0.1) is 6.42 Å². The van der Waals surface area contributed by atoms with Gasteiger partial charge in [-0.2, -0.15) is 0 Å². The van der Waals surface area contributed by atoms with Gasteiger partial charge in [0.25, 0.3) is 0 Å². The number of carboxylic acids is 1. The minimum Gasteiger partial charge on any atom is -0.481 e. The van der Waals surface area contributed by atoms with Gasteiger partial charge in [-0.3, -0.25) is 9.69 Å². The third kappa shape index (κ3) is 2.33. The highest BCUT2D eigenvalue weighted by atomic mass is 16.4. The van der Waals surface area contributed by atoms with E-state index >= 15 is 0 Å². The lowest BCUT2D eigenvalue weighted by Gasteiger charge is -2.43. The van der Waals surface area contributed by atoms with Gasteiger partial charge in [-0.1, -0.05) is 27.2 Å². The second-order valence-corrected chi connectivity index (χ2v) is 4.64. The minimum absolute atomic E-state index is 0.0741. The molecule has 2 unspecified atom stereocenters. The van der Waals surface area contributed by atoms with Crippen molar-refractivity contribution in [3.8, 4) is 0 Å². The van der Waals surface area contributed by atoms with Crippen LogP contribution in [0.5, 0.6) is 0 Å². The molecule has 0 spiro atoms. The number of rotatable bonds is 5. The molecule has 0 amide bonds. The molecule has 0 heterocycles. The van der Waals surface area contributed by atoms with Crippen LogP contribution in [0.3, 0.4) is 0 Å². The number of hydrogen-bond acceptors (Lipinski definition) is 2. The number of aliphatic carboxylic acids is 1. The fraction of sp³-hybridized carbons (Fsp3) is 0.917. The van der Waals surface area contributed by atoms with Gasteiger partial charge >= 0.3 is 5.97 Å². The lowest BCUT2D eigenvalue weighted by Crippen LogP contribution is -2.51. The van der Waals surface area contributed by atoms with Crippen LogP contribution < -0.4 is 0 Å². The van der Waals surface area contributed by atoms with Crippen LogP contribution >= 0.6 is 0 Å². The largest absolute Gasteiger partial charge is 0.481 e. The summed E-state index contributed by atoms with van der Waals surface area (Å²) in [5.74, 6) is -0.149. The first-order valence-electron chi connectivity index (χ1n) is 6.03. The van der Waals surface area contributed by atoms with Gasteiger partial charge < -0.3 is 5.11 Å². The van der Waals surface area contributed by atoms with Gasteiger partial charge in [0.2, 0.25) is 0 Å². The Hall–Kier alpha value is -0.570. The van der Waals surface area contributed by atoms with Crippen molar-refractivity contribution in [1.82, 2.24) is 4.90 Å². The Bertz CT molecular complexity index is 226. The molecule has 0 saturated heterocycles. The predicted molar refractivity (Wildman–Crippen MR) is 60.9 cm³/mol. The summed E-state index contributed by atoms with van der Waals surface area (Å²) in [6, 6.07) is 0. The molecule has 3 heteroatoms. The molecule has 1 saturated carbocycles. The monoisotopic (exact) mass is 213 g/mol. The molecule has 3 nitrogen and oxygen atoms in total. The van der Waals surface area contributed by atoms with E-state index in [1.807, 2.05) is 0 Å². The molecule has 0 aliphatic heterocycles. The van der Waals surface area contributed by atoms with Gasteiger partial charge in [-0.25, -0.2) is 0 Å². The van der Waals surface area contributed by atoms with Gasteiger partial charge in [0, 0.05) is 5.54 Å². The van der Waals surface area contributed by atoms with Crippen molar-refractivity contribution in [3.63, 3.8) is 0 Å². The predicted octanol–water partition coefficient (Wildman–Crippen LogP) is 2.36. The highest BCUT2D eigenvalue weighted by Gasteiger charge is 2.45. The fourth-order valence-corrected chi connectivity index (χ4v) is 3.19. The maximum absolute atomic E-state index is 11.0. The van der Waals surface area contributed by atoms with Crippen molar-refractivity contribution < 1.29 is 9.90 Å². The van der Waals surface area contributed by atoms with E-state index in [9.17, 15) is 4.79 Å². The van der Waals surface area contributed by atoms with Crippen molar-refractivity contribution >= 4 is 5.97 Å². The minimum atomic E-state index is -0.657. The molecule has 0 aromatic rings. The summed E-state index contributed by atoms with van der Waals surface area (Å²) in [6.07, 6.45) is 3.69. The molecule has 15 heavy (non-hydrogen) atoms. The quantitative estimate of drug-likeness (QED) is 0.762. The second-order valence-electron chi connectivity index (χ2n) is 4.64. The fourth-order valence-electron chi connectivity index (χ4n) is 3.19. The Morgan fingerprint density at radius 3 is 2.40 bits per heavy atom. The van der Waals surface area contributed by atoms with Gasteiger partial charge in [-0.05, 0) is 31.8 Å². The zero-order chi connectivity index (χ0) is 11.5. The lowest BCUT2D eigenvalue weighted by atomic mass is 9.83. The summed E-state index contributed by atoms with van der Waals surface area (Å²) in [4.78, 5) is 13.4. The van der Waals surface area contributed by atoms with Crippen LogP contribution in [0.25, 0.3) is 0 Å². The zero-order valence-corrected chi connectivity index (χ0v) is 10.1. The number of nitrogens with zero attached hydrogens (tertiary/aromatic N) is 1. The summed E-state index contributed by atoms with van der Waals surface area (Å²) in [6.45, 7) is 8.35. The molecule has 1 fully saturated rings. The first-order valence-corrected chi connectivity index (χ1v) is 6.03. The number of hydrogen-bond donors (Lipinski definition) is 1. The molecule has 88 valence electrons. The van der Waals surface area contributed by atoms with Crippen LogP contribution in [0.15, 0.2) is 0 Å². The molecule has 0 aromatic heterocycles. The SMILES string of the molecule is CCN(CC)C1(CC(=O)O)CCCC1C. The molecule has 1 rings (SSSR count). The summed E-state index contributed by atoms with van der Waals surface area (Å²) in [5, 5.41) is 9.07. The molecule has 1 N–H and O–H groups in total. The first-order chi connectivity index (χ1) is 7.06. The topological polar surface area (TPSA) is 40.5 Å². The van der Waals surface area contributed by atoms with E-state index in [1.54, 1.807) is 0 Å². The average Bonchev–Trinajstić information content (AvgIpc) is 2.50. The molecule has 1 aliphatic rings. The standard InChI is InChI=1S/C12H23NO2/c1-4-13(5-2)12(9-11(14)15)8-6-7-10(12)3/h10H,4-9H2,1-3H3,(H,14,15). The van der Waals surface area contributed by atoms with E-state index in [4.69, 9.17) is 5.11 Å². The molecule has 1 aliphatic carbocycles. The Morgan fingerprint density at radius 2 is 2.07 bits per heavy atom. The van der Waals surface area contributed by atoms with Crippen LogP contribution in [0.4, 0.5) is 0 Å². The van der Waals surface area contributed by atoms with Crippen molar-refractivity contribution in [2.45, 2.75) is 52.0 Å². The van der Waals surface area contributed by atoms with Crippen LogP contribution in [-0.4, -0.2) is 34.6 Å². The molecular formula is C12H23NO2. The Morgan fingerprint density at radius 1 is 1.47 bits per heavy atom. The molecule has 0 aromatic carbocycles. The van der Waals surface area contributed by atoms with E-state index in [1.165, 1.54) is 12.8 Å². The summed E-state index contributed by atoms with van der Waals surface area (Å²) >= 11 is 0. The Kier molecular flexibility index (Phi) is 4.14. The zero-order valence-electron chi connectivity index (χ0n) is 10.1. The van der Waals surface area contributed by atoms with E-state index in [-0.39, 0.29) is 5.54 Å². The smallest absolute Gasteiger partial charge is 0.305 e. The van der Waals surface area contributed by atoms with Crippen LogP contribution in [0.2, 0.25) is 0 Å². The van der Waals surface area contributed by atoms with Gasteiger partial charge in [0.15, 0.2) is 0 Å². The van der Waals surface area contributed by atoms with Crippen LogP contribution in [0, 0.1) is 5.92 Å². The summed E-state index contributed by atoms with van der Waals surface area (Å²) in [7, 11) is 0. The van der Waals surface area contributed by atoms with E-state index in [0.717, 1.165) is 19.5 Å². The summed E-state index contributed by atoms with van der Waals surface area (Å²) < 4.78 is 0. The first kappa shape index (κ1) is 12.5. The van der Waals surface area contributed by atoms with E-state index < -0.39 is 5.97 Å².